The molecular formula is C16H11Cl2FN2O2S. The van der Waals surface area contributed by atoms with Gasteiger partial charge in [0.2, 0.25) is 0 Å². The molecule has 0 radical (unpaired) electrons. The Labute approximate surface area is 151 Å². The standard InChI is InChI=1S/C16H11Cl2FN2O2S/c17-11-2-5-13(6-3-11)22-8-15-20-21-16(23-15)24-9-10-1-4-12(19)7-14(10)18/h1-7H,8-9H2. The number of hydrogen-bond donors (Lipinski definition) is 0. The second-order valence-corrected chi connectivity index (χ2v) is 6.50. The summed E-state index contributed by atoms with van der Waals surface area (Å²) in [5.41, 5.74) is 0.792. The molecule has 124 valence electrons. The maximum atomic E-state index is 13.0. The van der Waals surface area contributed by atoms with Gasteiger partial charge in [0.1, 0.15) is 11.6 Å². The summed E-state index contributed by atoms with van der Waals surface area (Å²) < 4.78 is 24.0. The van der Waals surface area contributed by atoms with Crippen molar-refractivity contribution in [3.8, 4) is 5.75 Å². The van der Waals surface area contributed by atoms with Crippen LogP contribution in [-0.4, -0.2) is 10.2 Å². The predicted molar refractivity (Wildman–Crippen MR) is 91.1 cm³/mol. The maximum Gasteiger partial charge on any atom is 0.277 e. The highest BCUT2D eigenvalue weighted by Crippen LogP contribution is 2.26. The number of aromatic nitrogens is 2. The summed E-state index contributed by atoms with van der Waals surface area (Å²) >= 11 is 13.1. The summed E-state index contributed by atoms with van der Waals surface area (Å²) in [5.74, 6) is 1.15. The summed E-state index contributed by atoms with van der Waals surface area (Å²) in [6.45, 7) is 0.159. The van der Waals surface area contributed by atoms with Gasteiger partial charge in [-0.1, -0.05) is 41.0 Å². The molecule has 0 amide bonds. The third-order valence-corrected chi connectivity index (χ3v) is 4.46. The van der Waals surface area contributed by atoms with Gasteiger partial charge in [-0.3, -0.25) is 0 Å². The number of benzene rings is 2. The summed E-state index contributed by atoms with van der Waals surface area (Å²) in [5, 5.41) is 9.25. The highest BCUT2D eigenvalue weighted by atomic mass is 35.5. The molecule has 0 aliphatic rings. The van der Waals surface area contributed by atoms with Crippen LogP contribution >= 0.6 is 35.0 Å². The first-order valence-corrected chi connectivity index (χ1v) is 8.62. The van der Waals surface area contributed by atoms with E-state index in [0.717, 1.165) is 5.56 Å². The first-order chi connectivity index (χ1) is 11.6. The molecule has 0 saturated carbocycles. The molecule has 3 aromatic rings. The van der Waals surface area contributed by atoms with Crippen LogP contribution in [0.25, 0.3) is 0 Å². The summed E-state index contributed by atoms with van der Waals surface area (Å²) in [4.78, 5) is 0. The monoisotopic (exact) mass is 384 g/mol. The number of halogens is 3. The van der Waals surface area contributed by atoms with Crippen LogP contribution in [0.1, 0.15) is 11.5 Å². The van der Waals surface area contributed by atoms with E-state index in [2.05, 4.69) is 10.2 Å². The second kappa shape index (κ2) is 7.88. The third kappa shape index (κ3) is 4.63. The zero-order valence-electron chi connectivity index (χ0n) is 12.2. The van der Waals surface area contributed by atoms with Crippen LogP contribution in [-0.2, 0) is 12.4 Å². The van der Waals surface area contributed by atoms with Gasteiger partial charge in [0.25, 0.3) is 11.1 Å². The minimum atomic E-state index is -0.367. The van der Waals surface area contributed by atoms with Crippen LogP contribution in [0.3, 0.4) is 0 Å². The molecular weight excluding hydrogens is 374 g/mol. The zero-order chi connectivity index (χ0) is 16.9. The van der Waals surface area contributed by atoms with Gasteiger partial charge in [-0.15, -0.1) is 10.2 Å². The summed E-state index contributed by atoms with van der Waals surface area (Å²) in [7, 11) is 0. The first-order valence-electron chi connectivity index (χ1n) is 6.87. The second-order valence-electron chi connectivity index (χ2n) is 4.73. The zero-order valence-corrected chi connectivity index (χ0v) is 14.5. The van der Waals surface area contributed by atoms with E-state index >= 15 is 0 Å². The van der Waals surface area contributed by atoms with Crippen molar-refractivity contribution in [2.24, 2.45) is 0 Å². The van der Waals surface area contributed by atoms with Crippen LogP contribution < -0.4 is 4.74 Å². The van der Waals surface area contributed by atoms with Crippen molar-refractivity contribution in [3.05, 3.63) is 69.8 Å². The average Bonchev–Trinajstić information content (AvgIpc) is 3.01. The number of hydrogen-bond acceptors (Lipinski definition) is 5. The Kier molecular flexibility index (Phi) is 5.60. The summed E-state index contributed by atoms with van der Waals surface area (Å²) in [6.07, 6.45) is 0. The van der Waals surface area contributed by atoms with Crippen molar-refractivity contribution in [3.63, 3.8) is 0 Å². The molecule has 0 spiro atoms. The molecule has 0 unspecified atom stereocenters. The largest absolute Gasteiger partial charge is 0.484 e. The Morgan fingerprint density at radius 1 is 1.08 bits per heavy atom. The Morgan fingerprint density at radius 2 is 1.88 bits per heavy atom. The van der Waals surface area contributed by atoms with Crippen molar-refractivity contribution >= 4 is 35.0 Å². The predicted octanol–water partition coefficient (Wildman–Crippen LogP) is 5.39. The normalized spacial score (nSPS) is 10.8. The minimum absolute atomic E-state index is 0.159. The first kappa shape index (κ1) is 17.1. The van der Waals surface area contributed by atoms with Gasteiger partial charge < -0.3 is 9.15 Å². The fourth-order valence-corrected chi connectivity index (χ4v) is 3.03. The van der Waals surface area contributed by atoms with Gasteiger partial charge >= 0.3 is 0 Å². The number of nitrogens with zero attached hydrogens (tertiary/aromatic N) is 2. The molecule has 0 fully saturated rings. The van der Waals surface area contributed by atoms with E-state index < -0.39 is 0 Å². The molecule has 0 aliphatic heterocycles. The quantitative estimate of drug-likeness (QED) is 0.533. The topological polar surface area (TPSA) is 48.2 Å². The fraction of sp³-hybridized carbons (Fsp3) is 0.125. The highest BCUT2D eigenvalue weighted by molar-refractivity contribution is 7.98. The van der Waals surface area contributed by atoms with E-state index in [1.54, 1.807) is 30.3 Å². The van der Waals surface area contributed by atoms with E-state index in [4.69, 9.17) is 32.4 Å². The molecule has 0 bridgehead atoms. The highest BCUT2D eigenvalue weighted by Gasteiger charge is 2.09. The van der Waals surface area contributed by atoms with Gasteiger partial charge in [0, 0.05) is 15.8 Å². The molecule has 24 heavy (non-hydrogen) atoms. The molecule has 1 heterocycles. The Morgan fingerprint density at radius 3 is 2.62 bits per heavy atom. The van der Waals surface area contributed by atoms with Crippen LogP contribution in [0.2, 0.25) is 10.0 Å². The van der Waals surface area contributed by atoms with Crippen molar-refractivity contribution in [2.75, 3.05) is 0 Å². The maximum absolute atomic E-state index is 13.0. The van der Waals surface area contributed by atoms with E-state index in [1.807, 2.05) is 0 Å². The lowest BCUT2D eigenvalue weighted by molar-refractivity contribution is 0.252. The molecule has 3 rings (SSSR count). The van der Waals surface area contributed by atoms with Crippen LogP contribution in [0.15, 0.2) is 52.1 Å². The Balaban J connectivity index is 1.54. The Hall–Kier alpha value is -1.76. The van der Waals surface area contributed by atoms with Gasteiger partial charge in [0.15, 0.2) is 6.61 Å². The lowest BCUT2D eigenvalue weighted by Gasteiger charge is -2.03. The van der Waals surface area contributed by atoms with E-state index in [1.165, 1.54) is 23.9 Å². The van der Waals surface area contributed by atoms with Crippen LogP contribution in [0, 0.1) is 5.82 Å². The van der Waals surface area contributed by atoms with Gasteiger partial charge in [-0.25, -0.2) is 4.39 Å². The van der Waals surface area contributed by atoms with Gasteiger partial charge in [0.05, 0.1) is 0 Å². The molecule has 0 aliphatic carbocycles. The van der Waals surface area contributed by atoms with E-state index in [0.29, 0.717) is 32.7 Å². The summed E-state index contributed by atoms with van der Waals surface area (Å²) in [6, 6.07) is 11.2. The number of ether oxygens (including phenoxy) is 1. The van der Waals surface area contributed by atoms with Gasteiger partial charge in [-0.05, 0) is 42.0 Å². The van der Waals surface area contributed by atoms with Crippen molar-refractivity contribution in [2.45, 2.75) is 17.6 Å². The average molecular weight is 385 g/mol. The van der Waals surface area contributed by atoms with E-state index in [9.17, 15) is 4.39 Å². The third-order valence-electron chi connectivity index (χ3n) is 2.99. The smallest absolute Gasteiger partial charge is 0.277 e. The SMILES string of the molecule is Fc1ccc(CSc2nnc(COc3ccc(Cl)cc3)o2)c(Cl)c1. The number of thioether (sulfide) groups is 1. The van der Waals surface area contributed by atoms with Crippen LogP contribution in [0.4, 0.5) is 4.39 Å². The molecule has 0 saturated heterocycles. The molecule has 4 nitrogen and oxygen atoms in total. The molecule has 2 aromatic carbocycles. The van der Waals surface area contributed by atoms with Crippen molar-refractivity contribution in [1.82, 2.24) is 10.2 Å². The lowest BCUT2D eigenvalue weighted by Crippen LogP contribution is -1.95. The molecule has 1 aromatic heterocycles. The van der Waals surface area contributed by atoms with Crippen molar-refractivity contribution < 1.29 is 13.5 Å². The van der Waals surface area contributed by atoms with Gasteiger partial charge in [-0.2, -0.15) is 0 Å². The number of rotatable bonds is 6. The van der Waals surface area contributed by atoms with Crippen LogP contribution in [0.5, 0.6) is 5.75 Å². The molecule has 8 heteroatoms. The minimum Gasteiger partial charge on any atom is -0.484 e. The lowest BCUT2D eigenvalue weighted by atomic mass is 10.2. The fourth-order valence-electron chi connectivity index (χ4n) is 1.81. The Bertz CT molecular complexity index is 827. The molecule has 0 atom stereocenters. The van der Waals surface area contributed by atoms with E-state index in [-0.39, 0.29) is 12.4 Å². The molecule has 0 N–H and O–H groups in total. The van der Waals surface area contributed by atoms with Crippen molar-refractivity contribution in [1.29, 1.82) is 0 Å².